The normalized spacial score (nSPS) is 15.5. The Hall–Kier alpha value is -3.32. The van der Waals surface area contributed by atoms with Crippen molar-refractivity contribution in [3.05, 3.63) is 63.8 Å². The van der Waals surface area contributed by atoms with Crippen molar-refractivity contribution in [1.29, 1.82) is 5.26 Å². The zero-order valence-electron chi connectivity index (χ0n) is 13.6. The summed E-state index contributed by atoms with van der Waals surface area (Å²) in [6.45, 7) is 0. The van der Waals surface area contributed by atoms with Gasteiger partial charge in [0.25, 0.3) is 11.1 Å². The van der Waals surface area contributed by atoms with Gasteiger partial charge in [0, 0.05) is 0 Å². The molecule has 142 valence electrons. The van der Waals surface area contributed by atoms with Crippen molar-refractivity contribution in [3.8, 4) is 17.6 Å². The van der Waals surface area contributed by atoms with Gasteiger partial charge in [-0.3, -0.25) is 14.9 Å². The number of thioether (sulfide) groups is 1. The molecule has 1 saturated heterocycles. The molecule has 0 spiro atoms. The van der Waals surface area contributed by atoms with Crippen LogP contribution in [0.2, 0.25) is 0 Å². The largest absolute Gasteiger partial charge is 0.454 e. The number of rotatable bonds is 3. The zero-order chi connectivity index (χ0) is 20.5. The number of nitrogens with one attached hydrogen (secondary N) is 1. The first-order valence-corrected chi connectivity index (χ1v) is 8.32. The van der Waals surface area contributed by atoms with Crippen LogP contribution in [0, 0.1) is 17.1 Å². The molecule has 10 heteroatoms. The van der Waals surface area contributed by atoms with Crippen molar-refractivity contribution >= 4 is 29.0 Å². The van der Waals surface area contributed by atoms with Gasteiger partial charge < -0.3 is 4.74 Å². The molecule has 0 saturated carbocycles. The number of carbonyl (C=O) groups excluding carboxylic acids is 2. The number of alkyl halides is 3. The van der Waals surface area contributed by atoms with Gasteiger partial charge in [0.15, 0.2) is 11.6 Å². The van der Waals surface area contributed by atoms with Crippen molar-refractivity contribution in [1.82, 2.24) is 5.32 Å². The van der Waals surface area contributed by atoms with E-state index in [0.717, 1.165) is 24.3 Å². The van der Waals surface area contributed by atoms with Gasteiger partial charge in [-0.1, -0.05) is 6.07 Å². The number of hydrogen-bond acceptors (Lipinski definition) is 5. The number of nitrogens with zero attached hydrogens (tertiary/aromatic N) is 1. The summed E-state index contributed by atoms with van der Waals surface area (Å²) in [5.74, 6) is -2.73. The Morgan fingerprint density at radius 1 is 1.11 bits per heavy atom. The number of nitriles is 1. The second-order valence-electron chi connectivity index (χ2n) is 5.46. The topological polar surface area (TPSA) is 79.2 Å². The van der Waals surface area contributed by atoms with Gasteiger partial charge in [-0.2, -0.15) is 18.4 Å². The van der Waals surface area contributed by atoms with E-state index in [9.17, 15) is 27.2 Å². The van der Waals surface area contributed by atoms with Gasteiger partial charge in [-0.25, -0.2) is 4.39 Å². The van der Waals surface area contributed by atoms with Crippen molar-refractivity contribution in [3.63, 3.8) is 0 Å². The minimum absolute atomic E-state index is 0.0597. The monoisotopic (exact) mass is 408 g/mol. The molecule has 28 heavy (non-hydrogen) atoms. The quantitative estimate of drug-likeness (QED) is 0.581. The molecule has 0 aliphatic carbocycles. The molecule has 0 radical (unpaired) electrons. The molecule has 2 aromatic rings. The third kappa shape index (κ3) is 4.15. The SMILES string of the molecule is N#Cc1ccc(Oc2ccc(/C=C3/SC(=O)NC3=O)cc2F)c(C(F)(F)F)c1. The lowest BCUT2D eigenvalue weighted by Crippen LogP contribution is -2.17. The van der Waals surface area contributed by atoms with Crippen LogP contribution in [0.25, 0.3) is 6.08 Å². The smallest absolute Gasteiger partial charge is 0.420 e. The maximum atomic E-state index is 14.3. The fourth-order valence-electron chi connectivity index (χ4n) is 2.29. The van der Waals surface area contributed by atoms with Crippen LogP contribution >= 0.6 is 11.8 Å². The Morgan fingerprint density at radius 3 is 2.39 bits per heavy atom. The Morgan fingerprint density at radius 2 is 1.82 bits per heavy atom. The number of halogens is 4. The van der Waals surface area contributed by atoms with E-state index in [-0.39, 0.29) is 16.0 Å². The number of ether oxygens (including phenoxy) is 1. The number of carbonyl (C=O) groups is 2. The molecule has 0 unspecified atom stereocenters. The lowest BCUT2D eigenvalue weighted by atomic mass is 10.1. The molecule has 0 aromatic heterocycles. The van der Waals surface area contributed by atoms with E-state index in [2.05, 4.69) is 0 Å². The standard InChI is InChI=1S/C18H8F4N2O3S/c19-12-6-9(7-15-16(25)24-17(26)28-15)1-4-14(12)27-13-3-2-10(8-23)5-11(13)18(20,21)22/h1-7H,(H,24,25,26)/b15-7+. The van der Waals surface area contributed by atoms with Crippen LogP contribution in [0.1, 0.15) is 16.7 Å². The van der Waals surface area contributed by atoms with E-state index in [4.69, 9.17) is 10.00 Å². The fraction of sp³-hybridized carbons (Fsp3) is 0.0556. The molecular formula is C18H8F4N2O3S. The van der Waals surface area contributed by atoms with E-state index in [1.54, 1.807) is 6.07 Å². The van der Waals surface area contributed by atoms with Gasteiger partial charge >= 0.3 is 6.18 Å². The first kappa shape index (κ1) is 19.4. The minimum atomic E-state index is -4.80. The molecule has 1 heterocycles. The summed E-state index contributed by atoms with van der Waals surface area (Å²) >= 11 is 0.646. The van der Waals surface area contributed by atoms with Gasteiger partial charge in [-0.05, 0) is 53.7 Å². The summed E-state index contributed by atoms with van der Waals surface area (Å²) in [6, 6.07) is 7.63. The number of hydrogen-bond donors (Lipinski definition) is 1. The molecule has 3 rings (SSSR count). The molecule has 5 nitrogen and oxygen atoms in total. The third-order valence-corrected chi connectivity index (χ3v) is 4.34. The van der Waals surface area contributed by atoms with E-state index in [0.29, 0.717) is 17.8 Å². The van der Waals surface area contributed by atoms with Crippen LogP contribution < -0.4 is 10.1 Å². The highest BCUT2D eigenvalue weighted by Crippen LogP contribution is 2.39. The van der Waals surface area contributed by atoms with E-state index < -0.39 is 40.2 Å². The van der Waals surface area contributed by atoms with Crippen molar-refractivity contribution in [2.75, 3.05) is 0 Å². The Kier molecular flexibility index (Phi) is 5.11. The molecule has 1 aliphatic rings. The van der Waals surface area contributed by atoms with Crippen molar-refractivity contribution in [2.45, 2.75) is 6.18 Å². The minimum Gasteiger partial charge on any atom is -0.454 e. The summed E-state index contributed by atoms with van der Waals surface area (Å²) in [7, 11) is 0. The first-order chi connectivity index (χ1) is 13.2. The van der Waals surface area contributed by atoms with Crippen LogP contribution in [0.4, 0.5) is 22.4 Å². The highest BCUT2D eigenvalue weighted by atomic mass is 32.2. The van der Waals surface area contributed by atoms with Gasteiger partial charge in [-0.15, -0.1) is 0 Å². The number of benzene rings is 2. The van der Waals surface area contributed by atoms with Crippen molar-refractivity contribution in [2.24, 2.45) is 0 Å². The Labute approximate surface area is 159 Å². The Bertz CT molecular complexity index is 1060. The first-order valence-electron chi connectivity index (χ1n) is 7.51. The predicted molar refractivity (Wildman–Crippen MR) is 91.7 cm³/mol. The highest BCUT2D eigenvalue weighted by molar-refractivity contribution is 8.18. The van der Waals surface area contributed by atoms with E-state index in [1.807, 2.05) is 5.32 Å². The molecule has 2 aromatic carbocycles. The maximum absolute atomic E-state index is 14.3. The van der Waals surface area contributed by atoms with Crippen LogP contribution in [0.3, 0.4) is 0 Å². The lowest BCUT2D eigenvalue weighted by molar-refractivity contribution is -0.138. The Balaban J connectivity index is 1.91. The fourth-order valence-corrected chi connectivity index (χ4v) is 2.97. The second-order valence-corrected chi connectivity index (χ2v) is 6.48. The molecule has 1 aliphatic heterocycles. The van der Waals surface area contributed by atoms with Crippen LogP contribution in [0.15, 0.2) is 41.3 Å². The summed E-state index contributed by atoms with van der Waals surface area (Å²) < 4.78 is 58.9. The average molecular weight is 408 g/mol. The predicted octanol–water partition coefficient (Wildman–Crippen LogP) is 4.83. The van der Waals surface area contributed by atoms with Gasteiger partial charge in [0.2, 0.25) is 0 Å². The van der Waals surface area contributed by atoms with Gasteiger partial charge in [0.05, 0.1) is 22.1 Å². The average Bonchev–Trinajstić information content (AvgIpc) is 2.93. The van der Waals surface area contributed by atoms with Crippen LogP contribution in [0.5, 0.6) is 11.5 Å². The van der Waals surface area contributed by atoms with Crippen LogP contribution in [-0.4, -0.2) is 11.1 Å². The zero-order valence-corrected chi connectivity index (χ0v) is 14.5. The van der Waals surface area contributed by atoms with Crippen LogP contribution in [-0.2, 0) is 11.0 Å². The lowest BCUT2D eigenvalue weighted by Gasteiger charge is -2.14. The molecule has 1 N–H and O–H groups in total. The summed E-state index contributed by atoms with van der Waals surface area (Å²) in [5.41, 5.74) is -1.22. The molecule has 0 atom stereocenters. The summed E-state index contributed by atoms with van der Waals surface area (Å²) in [4.78, 5) is 22.7. The second kappa shape index (κ2) is 7.36. The molecule has 2 amide bonds. The summed E-state index contributed by atoms with van der Waals surface area (Å²) in [6.07, 6.45) is -3.54. The highest BCUT2D eigenvalue weighted by Gasteiger charge is 2.35. The third-order valence-electron chi connectivity index (χ3n) is 3.53. The molecular weight excluding hydrogens is 400 g/mol. The number of imide groups is 1. The molecule has 0 bridgehead atoms. The van der Waals surface area contributed by atoms with Gasteiger partial charge in [0.1, 0.15) is 5.75 Å². The number of amides is 2. The maximum Gasteiger partial charge on any atom is 0.420 e. The summed E-state index contributed by atoms with van der Waals surface area (Å²) in [5, 5.41) is 10.2. The van der Waals surface area contributed by atoms with E-state index >= 15 is 0 Å². The molecule has 1 fully saturated rings. The van der Waals surface area contributed by atoms with E-state index in [1.165, 1.54) is 12.1 Å². The van der Waals surface area contributed by atoms with Crippen molar-refractivity contribution < 1.29 is 31.9 Å².